The highest BCUT2D eigenvalue weighted by Crippen LogP contribution is 2.38. The number of nitrogens with zero attached hydrogens (tertiary/aromatic N) is 1. The van der Waals surface area contributed by atoms with Crippen LogP contribution >= 0.6 is 0 Å². The van der Waals surface area contributed by atoms with Crippen LogP contribution in [-0.2, 0) is 14.3 Å². The zero-order chi connectivity index (χ0) is 17.0. The molecule has 0 bridgehead atoms. The van der Waals surface area contributed by atoms with E-state index in [0.29, 0.717) is 12.6 Å². The minimum absolute atomic E-state index is 0.335. The number of hydrogen-bond donors (Lipinski definition) is 1. The van der Waals surface area contributed by atoms with E-state index in [1.165, 1.54) is 24.6 Å². The molecule has 1 aromatic heterocycles. The number of aromatic nitrogens is 1. The molecule has 2 rings (SSSR count). The first-order chi connectivity index (χ1) is 10.9. The van der Waals surface area contributed by atoms with Gasteiger partial charge in [-0.3, -0.25) is 4.79 Å². The second-order valence-electron chi connectivity index (χ2n) is 5.87. The van der Waals surface area contributed by atoms with Gasteiger partial charge in [-0.2, -0.15) is 0 Å². The topological polar surface area (TPSA) is 60.3 Å². The predicted octanol–water partition coefficient (Wildman–Crippen LogP) is 2.69. The van der Waals surface area contributed by atoms with Crippen LogP contribution in [0.5, 0.6) is 0 Å². The summed E-state index contributed by atoms with van der Waals surface area (Å²) < 4.78 is 7.40. The second kappa shape index (κ2) is 7.31. The minimum Gasteiger partial charge on any atom is -0.449 e. The van der Waals surface area contributed by atoms with E-state index in [4.69, 9.17) is 4.74 Å². The van der Waals surface area contributed by atoms with Gasteiger partial charge in [0.25, 0.3) is 5.91 Å². The number of carbonyl (C=O) groups is 2. The average molecular weight is 316 g/mol. The standard InChI is InChI=1S/C18H24N2O3/c1-5-10-19-18(22)14(4)23-17(21)9-6-15-11-12(2)20(13(15)3)16-7-8-16/h5-6,9,11,14,16H,1,7-8,10H2,2-4H3,(H,19,22)/b9-6+/t14-/m0/s1. The third-order valence-corrected chi connectivity index (χ3v) is 3.92. The van der Waals surface area contributed by atoms with Crippen molar-refractivity contribution in [2.45, 2.75) is 45.8 Å². The Hall–Kier alpha value is -2.30. The van der Waals surface area contributed by atoms with Crippen LogP contribution in [0, 0.1) is 13.8 Å². The maximum absolute atomic E-state index is 11.8. The van der Waals surface area contributed by atoms with Crippen LogP contribution in [0.1, 0.15) is 42.8 Å². The van der Waals surface area contributed by atoms with Crippen molar-refractivity contribution >= 4 is 18.0 Å². The summed E-state index contributed by atoms with van der Waals surface area (Å²) in [6.45, 7) is 9.54. The fourth-order valence-electron chi connectivity index (χ4n) is 2.61. The maximum Gasteiger partial charge on any atom is 0.331 e. The van der Waals surface area contributed by atoms with E-state index in [1.54, 1.807) is 19.1 Å². The summed E-state index contributed by atoms with van der Waals surface area (Å²) in [6.07, 6.45) is 6.31. The number of hydrogen-bond acceptors (Lipinski definition) is 3. The molecule has 5 heteroatoms. The SMILES string of the molecule is C=CCNC(=O)[C@H](C)OC(=O)/C=C/c1cc(C)n(C2CC2)c1C. The predicted molar refractivity (Wildman–Crippen MR) is 90.0 cm³/mol. The smallest absolute Gasteiger partial charge is 0.331 e. The van der Waals surface area contributed by atoms with Gasteiger partial charge in [-0.1, -0.05) is 6.08 Å². The molecule has 1 fully saturated rings. The molecule has 0 aliphatic heterocycles. The van der Waals surface area contributed by atoms with Gasteiger partial charge in [0.1, 0.15) is 0 Å². The summed E-state index contributed by atoms with van der Waals surface area (Å²) in [4.78, 5) is 23.5. The van der Waals surface area contributed by atoms with E-state index >= 15 is 0 Å². The van der Waals surface area contributed by atoms with Crippen molar-refractivity contribution in [3.05, 3.63) is 41.7 Å². The van der Waals surface area contributed by atoms with Gasteiger partial charge in [-0.25, -0.2) is 4.79 Å². The molecule has 1 saturated carbocycles. The third kappa shape index (κ3) is 4.34. The summed E-state index contributed by atoms with van der Waals surface area (Å²) in [6, 6.07) is 2.68. The van der Waals surface area contributed by atoms with Gasteiger partial charge in [0.05, 0.1) is 0 Å². The number of carbonyl (C=O) groups excluding carboxylic acids is 2. The lowest BCUT2D eigenvalue weighted by Crippen LogP contribution is -2.35. The first-order valence-corrected chi connectivity index (χ1v) is 7.89. The molecule has 1 aromatic rings. The van der Waals surface area contributed by atoms with Crippen molar-refractivity contribution in [2.24, 2.45) is 0 Å². The number of amides is 1. The fraction of sp³-hybridized carbons (Fsp3) is 0.444. The lowest BCUT2D eigenvalue weighted by atomic mass is 10.2. The van der Waals surface area contributed by atoms with Crippen molar-refractivity contribution in [1.29, 1.82) is 0 Å². The molecule has 1 heterocycles. The van der Waals surface area contributed by atoms with E-state index in [1.807, 2.05) is 0 Å². The van der Waals surface area contributed by atoms with Crippen LogP contribution in [0.25, 0.3) is 6.08 Å². The number of aryl methyl sites for hydroxylation is 1. The highest BCUT2D eigenvalue weighted by atomic mass is 16.5. The third-order valence-electron chi connectivity index (χ3n) is 3.92. The van der Waals surface area contributed by atoms with Gasteiger partial charge in [-0.05, 0) is 51.3 Å². The molecular formula is C18H24N2O3. The largest absolute Gasteiger partial charge is 0.449 e. The van der Waals surface area contributed by atoms with Crippen molar-refractivity contribution in [2.75, 3.05) is 6.54 Å². The molecule has 0 radical (unpaired) electrons. The van der Waals surface area contributed by atoms with Crippen LogP contribution in [0.3, 0.4) is 0 Å². The van der Waals surface area contributed by atoms with Gasteiger partial charge in [0.2, 0.25) is 0 Å². The van der Waals surface area contributed by atoms with Gasteiger partial charge in [-0.15, -0.1) is 6.58 Å². The first-order valence-electron chi connectivity index (χ1n) is 7.89. The highest BCUT2D eigenvalue weighted by molar-refractivity contribution is 5.90. The van der Waals surface area contributed by atoms with Crippen molar-refractivity contribution in [3.8, 4) is 0 Å². The van der Waals surface area contributed by atoms with E-state index in [-0.39, 0.29) is 5.91 Å². The van der Waals surface area contributed by atoms with Crippen molar-refractivity contribution in [3.63, 3.8) is 0 Å². The molecule has 1 atom stereocenters. The quantitative estimate of drug-likeness (QED) is 0.478. The van der Waals surface area contributed by atoms with Crippen LogP contribution < -0.4 is 5.32 Å². The lowest BCUT2D eigenvalue weighted by Gasteiger charge is -2.11. The van der Waals surface area contributed by atoms with E-state index in [0.717, 1.165) is 11.3 Å². The molecule has 1 aliphatic carbocycles. The van der Waals surface area contributed by atoms with Gasteiger partial charge >= 0.3 is 5.97 Å². The van der Waals surface area contributed by atoms with Crippen LogP contribution in [0.4, 0.5) is 0 Å². The number of nitrogens with one attached hydrogen (secondary N) is 1. The molecule has 124 valence electrons. The Morgan fingerprint density at radius 2 is 2.17 bits per heavy atom. The molecule has 5 nitrogen and oxygen atoms in total. The summed E-state index contributed by atoms with van der Waals surface area (Å²) in [5.74, 6) is -0.860. The van der Waals surface area contributed by atoms with Gasteiger partial charge in [0, 0.05) is 30.1 Å². The first kappa shape index (κ1) is 17.1. The van der Waals surface area contributed by atoms with Crippen LogP contribution in [0.15, 0.2) is 24.8 Å². The Labute approximate surface area is 137 Å². The average Bonchev–Trinajstić information content (AvgIpc) is 3.29. The number of rotatable bonds is 7. The van der Waals surface area contributed by atoms with Crippen molar-refractivity contribution < 1.29 is 14.3 Å². The molecule has 1 N–H and O–H groups in total. The Bertz CT molecular complexity index is 639. The normalized spacial score (nSPS) is 15.4. The number of esters is 1. The van der Waals surface area contributed by atoms with Crippen LogP contribution in [-0.4, -0.2) is 29.1 Å². The summed E-state index contributed by atoms with van der Waals surface area (Å²) in [5.41, 5.74) is 3.37. The molecule has 0 saturated heterocycles. The zero-order valence-electron chi connectivity index (χ0n) is 14.0. The maximum atomic E-state index is 11.8. The van der Waals surface area contributed by atoms with Crippen LogP contribution in [0.2, 0.25) is 0 Å². The van der Waals surface area contributed by atoms with E-state index < -0.39 is 12.1 Å². The fourth-order valence-corrected chi connectivity index (χ4v) is 2.61. The highest BCUT2D eigenvalue weighted by Gasteiger charge is 2.26. The van der Waals surface area contributed by atoms with Crippen molar-refractivity contribution in [1.82, 2.24) is 9.88 Å². The monoisotopic (exact) mass is 316 g/mol. The Morgan fingerprint density at radius 1 is 1.48 bits per heavy atom. The summed E-state index contributed by atoms with van der Waals surface area (Å²) in [5, 5.41) is 2.59. The zero-order valence-corrected chi connectivity index (χ0v) is 14.0. The second-order valence-corrected chi connectivity index (χ2v) is 5.87. The van der Waals surface area contributed by atoms with E-state index in [9.17, 15) is 9.59 Å². The molecule has 23 heavy (non-hydrogen) atoms. The summed E-state index contributed by atoms with van der Waals surface area (Å²) >= 11 is 0. The Morgan fingerprint density at radius 3 is 2.78 bits per heavy atom. The Balaban J connectivity index is 1.94. The molecule has 0 unspecified atom stereocenters. The van der Waals surface area contributed by atoms with Gasteiger partial charge < -0.3 is 14.6 Å². The molecule has 1 amide bonds. The molecule has 0 spiro atoms. The Kier molecular flexibility index (Phi) is 5.42. The lowest BCUT2D eigenvalue weighted by molar-refractivity contribution is -0.150. The molecular weight excluding hydrogens is 292 g/mol. The molecule has 0 aromatic carbocycles. The van der Waals surface area contributed by atoms with Gasteiger partial charge in [0.15, 0.2) is 6.10 Å². The summed E-state index contributed by atoms with van der Waals surface area (Å²) in [7, 11) is 0. The minimum atomic E-state index is -0.828. The van der Waals surface area contributed by atoms with E-state index in [2.05, 4.69) is 36.4 Å². The molecule has 1 aliphatic rings. The number of ether oxygens (including phenoxy) is 1.